The Hall–Kier alpha value is 1.51. The second-order valence-electron chi connectivity index (χ2n) is 8.07. The van der Waals surface area contributed by atoms with Crippen LogP contribution in [0.5, 0.6) is 0 Å². The average Bonchev–Trinajstić information content (AvgIpc) is 2.62. The summed E-state index contributed by atoms with van der Waals surface area (Å²) in [5.41, 5.74) is 0. The van der Waals surface area contributed by atoms with Crippen LogP contribution in [-0.2, 0) is 10.1 Å². The average molecular weight is 445 g/mol. The van der Waals surface area contributed by atoms with Crippen molar-refractivity contribution < 1.29 is 69.5 Å². The Morgan fingerprint density at radius 2 is 0.964 bits per heavy atom. The zero-order valence-electron chi connectivity index (χ0n) is 18.8. The Morgan fingerprint density at radius 3 is 1.29 bits per heavy atom. The molecule has 1 N–H and O–H groups in total. The first-order chi connectivity index (χ1) is 13.0. The van der Waals surface area contributed by atoms with Crippen LogP contribution >= 0.6 is 0 Å². The summed E-state index contributed by atoms with van der Waals surface area (Å²) < 4.78 is 34.2. The monoisotopic (exact) mass is 444 g/mol. The summed E-state index contributed by atoms with van der Waals surface area (Å²) in [7, 11) is -4.17. The molecule has 1 unspecified atom stereocenters. The van der Waals surface area contributed by atoms with Gasteiger partial charge in [0, 0.05) is 11.9 Å². The Morgan fingerprint density at radius 1 is 0.643 bits per heavy atom. The van der Waals surface area contributed by atoms with Crippen molar-refractivity contribution in [2.24, 2.45) is 0 Å². The molecule has 0 spiro atoms. The standard InChI is InChI=1S/C22H46O4S.K/c1-2-3-4-5-6-7-8-9-10-11-12-13-16-19-22(27(24,25)26)20-17-14-15-18-21-23;/h22-23H,2-21H2,1H3,(H,24,25,26);/q;+1/p-1. The predicted octanol–water partition coefficient (Wildman–Crippen LogP) is 3.33. The van der Waals surface area contributed by atoms with Gasteiger partial charge in [-0.1, -0.05) is 110 Å². The van der Waals surface area contributed by atoms with E-state index >= 15 is 0 Å². The fourth-order valence-electron chi connectivity index (χ4n) is 3.66. The van der Waals surface area contributed by atoms with E-state index in [0.29, 0.717) is 12.8 Å². The second-order valence-corrected chi connectivity index (χ2v) is 9.72. The van der Waals surface area contributed by atoms with E-state index in [9.17, 15) is 13.0 Å². The van der Waals surface area contributed by atoms with Crippen molar-refractivity contribution in [2.75, 3.05) is 6.61 Å². The topological polar surface area (TPSA) is 77.4 Å². The Bertz CT molecular complexity index is 401. The normalized spacial score (nSPS) is 12.7. The van der Waals surface area contributed by atoms with E-state index in [-0.39, 0.29) is 58.0 Å². The molecule has 0 aliphatic rings. The van der Waals surface area contributed by atoms with E-state index < -0.39 is 15.4 Å². The Balaban J connectivity index is 0. The van der Waals surface area contributed by atoms with E-state index in [1.165, 1.54) is 64.2 Å². The summed E-state index contributed by atoms with van der Waals surface area (Å²) in [5, 5.41) is 8.04. The van der Waals surface area contributed by atoms with Crippen LogP contribution in [0, 0.1) is 0 Å². The third-order valence-corrected chi connectivity index (χ3v) is 6.76. The molecule has 164 valence electrons. The van der Waals surface area contributed by atoms with E-state index in [1.807, 2.05) is 0 Å². The molecule has 4 nitrogen and oxygen atoms in total. The molecule has 28 heavy (non-hydrogen) atoms. The summed E-state index contributed by atoms with van der Waals surface area (Å²) in [5.74, 6) is 0. The molecule has 0 fully saturated rings. The molecule has 0 bridgehead atoms. The third kappa shape index (κ3) is 22.2. The number of hydrogen-bond acceptors (Lipinski definition) is 4. The zero-order valence-corrected chi connectivity index (χ0v) is 22.7. The molecule has 0 aromatic carbocycles. The van der Waals surface area contributed by atoms with E-state index in [4.69, 9.17) is 5.11 Å². The molecular formula is C22H45KO4S. The minimum absolute atomic E-state index is 0. The fourth-order valence-corrected chi connectivity index (χ4v) is 4.57. The van der Waals surface area contributed by atoms with Crippen LogP contribution in [0.15, 0.2) is 0 Å². The molecule has 0 aromatic heterocycles. The third-order valence-electron chi connectivity index (χ3n) is 5.47. The molecular weight excluding hydrogens is 399 g/mol. The molecule has 0 radical (unpaired) electrons. The van der Waals surface area contributed by atoms with Gasteiger partial charge in [0.05, 0.1) is 10.1 Å². The largest absolute Gasteiger partial charge is 1.00 e. The first-order valence-corrected chi connectivity index (χ1v) is 13.0. The number of aliphatic hydroxyl groups excluding tert-OH is 1. The maximum atomic E-state index is 11.4. The minimum atomic E-state index is -4.17. The van der Waals surface area contributed by atoms with E-state index in [2.05, 4.69) is 6.92 Å². The number of unbranched alkanes of at least 4 members (excludes halogenated alkanes) is 15. The maximum Gasteiger partial charge on any atom is 1.00 e. The van der Waals surface area contributed by atoms with Gasteiger partial charge < -0.3 is 9.66 Å². The molecule has 0 aliphatic heterocycles. The summed E-state index contributed by atoms with van der Waals surface area (Å²) in [6.45, 7) is 2.43. The van der Waals surface area contributed by atoms with Crippen LogP contribution in [0.3, 0.4) is 0 Å². The summed E-state index contributed by atoms with van der Waals surface area (Å²) >= 11 is 0. The van der Waals surface area contributed by atoms with Gasteiger partial charge >= 0.3 is 51.4 Å². The molecule has 1 atom stereocenters. The van der Waals surface area contributed by atoms with Gasteiger partial charge in [0.1, 0.15) is 0 Å². The van der Waals surface area contributed by atoms with Gasteiger partial charge in [-0.15, -0.1) is 0 Å². The first kappa shape index (κ1) is 31.7. The van der Waals surface area contributed by atoms with Crippen molar-refractivity contribution >= 4 is 10.1 Å². The number of rotatable bonds is 21. The second kappa shape index (κ2) is 23.2. The molecule has 0 amide bonds. The molecule has 6 heteroatoms. The molecule has 0 aromatic rings. The van der Waals surface area contributed by atoms with Crippen LogP contribution in [-0.4, -0.2) is 29.9 Å². The van der Waals surface area contributed by atoms with Gasteiger partial charge in [-0.25, -0.2) is 8.42 Å². The fraction of sp³-hybridized carbons (Fsp3) is 1.00. The zero-order chi connectivity index (χ0) is 20.2. The predicted molar refractivity (Wildman–Crippen MR) is 114 cm³/mol. The van der Waals surface area contributed by atoms with Gasteiger partial charge in [0.15, 0.2) is 0 Å². The smallest absolute Gasteiger partial charge is 0.748 e. The quantitative estimate of drug-likeness (QED) is 0.167. The first-order valence-electron chi connectivity index (χ1n) is 11.6. The van der Waals surface area contributed by atoms with Crippen LogP contribution in [0.4, 0.5) is 0 Å². The maximum absolute atomic E-state index is 11.4. The van der Waals surface area contributed by atoms with Crippen molar-refractivity contribution in [3.63, 3.8) is 0 Å². The van der Waals surface area contributed by atoms with Gasteiger partial charge in [-0.3, -0.25) is 0 Å². The molecule has 0 saturated carbocycles. The van der Waals surface area contributed by atoms with Gasteiger partial charge in [-0.05, 0) is 19.3 Å². The summed E-state index contributed by atoms with van der Waals surface area (Å²) in [6.07, 6.45) is 20.7. The van der Waals surface area contributed by atoms with Crippen LogP contribution in [0.25, 0.3) is 0 Å². The Labute approximate surface area is 218 Å². The SMILES string of the molecule is CCCCCCCCCCCCCCCC(CCCCCCO)S(=O)(=O)[O-].[K+]. The van der Waals surface area contributed by atoms with Gasteiger partial charge in [0.2, 0.25) is 0 Å². The van der Waals surface area contributed by atoms with Crippen molar-refractivity contribution in [3.05, 3.63) is 0 Å². The van der Waals surface area contributed by atoms with Gasteiger partial charge in [-0.2, -0.15) is 0 Å². The van der Waals surface area contributed by atoms with E-state index in [1.54, 1.807) is 0 Å². The minimum Gasteiger partial charge on any atom is -0.748 e. The van der Waals surface area contributed by atoms with Crippen molar-refractivity contribution in [2.45, 2.75) is 134 Å². The number of hydrogen-bond donors (Lipinski definition) is 1. The molecule has 0 heterocycles. The number of aliphatic hydroxyl groups is 1. The van der Waals surface area contributed by atoms with Crippen LogP contribution in [0.1, 0.15) is 129 Å². The molecule has 0 saturated heterocycles. The van der Waals surface area contributed by atoms with Crippen molar-refractivity contribution in [1.82, 2.24) is 0 Å². The van der Waals surface area contributed by atoms with Crippen LogP contribution < -0.4 is 51.4 Å². The molecule has 0 aliphatic carbocycles. The summed E-state index contributed by atoms with van der Waals surface area (Å²) in [6, 6.07) is 0. The summed E-state index contributed by atoms with van der Waals surface area (Å²) in [4.78, 5) is 0. The van der Waals surface area contributed by atoms with Gasteiger partial charge in [0.25, 0.3) is 0 Å². The van der Waals surface area contributed by atoms with Crippen molar-refractivity contribution in [1.29, 1.82) is 0 Å². The van der Waals surface area contributed by atoms with Crippen LogP contribution in [0.2, 0.25) is 0 Å². The van der Waals surface area contributed by atoms with Crippen molar-refractivity contribution in [3.8, 4) is 0 Å². The Kier molecular flexibility index (Phi) is 26.2. The molecule has 0 rings (SSSR count). The van der Waals surface area contributed by atoms with E-state index in [0.717, 1.165) is 44.9 Å².